The normalized spacial score (nSPS) is 11.0. The van der Waals surface area contributed by atoms with E-state index < -0.39 is 16.0 Å². The van der Waals surface area contributed by atoms with E-state index in [1.807, 2.05) is 0 Å². The van der Waals surface area contributed by atoms with Crippen molar-refractivity contribution in [2.45, 2.75) is 6.42 Å². The first-order valence-corrected chi connectivity index (χ1v) is 7.72. The molecule has 21 heavy (non-hydrogen) atoms. The number of nitrogens with zero attached hydrogens (tertiary/aromatic N) is 2. The summed E-state index contributed by atoms with van der Waals surface area (Å²) in [6.45, 7) is 0. The van der Waals surface area contributed by atoms with Crippen LogP contribution in [0.15, 0.2) is 42.6 Å². The molecule has 0 aliphatic rings. The molecule has 2 rings (SSSR count). The molecule has 0 radical (unpaired) electrons. The number of pyridine rings is 2. The Morgan fingerprint density at radius 2 is 2.00 bits per heavy atom. The van der Waals surface area contributed by atoms with Crippen LogP contribution in [0.1, 0.15) is 16.2 Å². The summed E-state index contributed by atoms with van der Waals surface area (Å²) in [7, 11) is -3.62. The number of sulfonamides is 1. The van der Waals surface area contributed by atoms with Gasteiger partial charge < -0.3 is 5.11 Å². The van der Waals surface area contributed by atoms with Gasteiger partial charge in [0.05, 0.1) is 5.75 Å². The molecule has 110 valence electrons. The summed E-state index contributed by atoms with van der Waals surface area (Å²) in [5.41, 5.74) is 0.440. The van der Waals surface area contributed by atoms with Crippen LogP contribution >= 0.6 is 0 Å². The zero-order valence-corrected chi connectivity index (χ0v) is 11.7. The molecule has 0 fully saturated rings. The number of rotatable bonds is 6. The lowest BCUT2D eigenvalue weighted by Crippen LogP contribution is -2.19. The molecule has 2 N–H and O–H groups in total. The number of aryl methyl sites for hydroxylation is 1. The summed E-state index contributed by atoms with van der Waals surface area (Å²) in [5, 5.41) is 8.81. The van der Waals surface area contributed by atoms with Gasteiger partial charge in [0.25, 0.3) is 0 Å². The van der Waals surface area contributed by atoms with Crippen molar-refractivity contribution in [1.29, 1.82) is 0 Å². The van der Waals surface area contributed by atoms with Crippen LogP contribution in [0.4, 0.5) is 5.82 Å². The summed E-state index contributed by atoms with van der Waals surface area (Å²) in [6, 6.07) is 9.36. The maximum absolute atomic E-state index is 11.9. The number of aromatic nitrogens is 2. The van der Waals surface area contributed by atoms with Gasteiger partial charge in [0, 0.05) is 18.3 Å². The average Bonchev–Trinajstić information content (AvgIpc) is 2.46. The summed E-state index contributed by atoms with van der Waals surface area (Å²) >= 11 is 0. The first-order chi connectivity index (χ1) is 9.96. The standard InChI is InChI=1S/C13H13N3O4S/c17-13(18)11-5-3-6-12(15-11)16-21(19,20)9-7-10-4-1-2-8-14-10/h1-6,8H,7,9H2,(H,15,16)(H,17,18). The second-order valence-electron chi connectivity index (χ2n) is 4.21. The van der Waals surface area contributed by atoms with Gasteiger partial charge in [-0.3, -0.25) is 9.71 Å². The highest BCUT2D eigenvalue weighted by Crippen LogP contribution is 2.08. The smallest absolute Gasteiger partial charge is 0.354 e. The summed E-state index contributed by atoms with van der Waals surface area (Å²) in [5.74, 6) is -1.40. The quantitative estimate of drug-likeness (QED) is 0.828. The summed E-state index contributed by atoms with van der Waals surface area (Å²) in [6.07, 6.45) is 1.85. The van der Waals surface area contributed by atoms with Crippen molar-refractivity contribution in [2.24, 2.45) is 0 Å². The zero-order valence-electron chi connectivity index (χ0n) is 10.9. The monoisotopic (exact) mass is 307 g/mol. The number of aromatic carboxylic acids is 1. The van der Waals surface area contributed by atoms with E-state index in [1.165, 1.54) is 18.2 Å². The Bertz CT molecular complexity index is 732. The molecule has 0 aliphatic carbocycles. The van der Waals surface area contributed by atoms with Gasteiger partial charge in [-0.25, -0.2) is 18.2 Å². The maximum atomic E-state index is 11.9. The average molecular weight is 307 g/mol. The highest BCUT2D eigenvalue weighted by Gasteiger charge is 2.13. The van der Waals surface area contributed by atoms with E-state index in [1.54, 1.807) is 24.4 Å². The van der Waals surface area contributed by atoms with Gasteiger partial charge in [0.1, 0.15) is 5.82 Å². The molecule has 2 aromatic rings. The first kappa shape index (κ1) is 14.9. The number of hydrogen-bond donors (Lipinski definition) is 2. The minimum Gasteiger partial charge on any atom is -0.477 e. The number of anilines is 1. The van der Waals surface area contributed by atoms with Gasteiger partial charge in [0.15, 0.2) is 5.69 Å². The summed E-state index contributed by atoms with van der Waals surface area (Å²) in [4.78, 5) is 18.5. The van der Waals surface area contributed by atoms with Crippen molar-refractivity contribution in [3.63, 3.8) is 0 Å². The van der Waals surface area contributed by atoms with Gasteiger partial charge in [-0.05, 0) is 24.3 Å². The number of carboxylic acids is 1. The number of carbonyl (C=O) groups is 1. The Kier molecular flexibility index (Phi) is 4.49. The van der Waals surface area contributed by atoms with Crippen molar-refractivity contribution < 1.29 is 18.3 Å². The van der Waals surface area contributed by atoms with Gasteiger partial charge in [-0.1, -0.05) is 12.1 Å². The van der Waals surface area contributed by atoms with Crippen LogP contribution < -0.4 is 4.72 Å². The molecule has 2 heterocycles. The molecule has 0 saturated heterocycles. The summed E-state index contributed by atoms with van der Waals surface area (Å²) < 4.78 is 26.1. The molecule has 0 bridgehead atoms. The Morgan fingerprint density at radius 3 is 2.67 bits per heavy atom. The minimum absolute atomic E-state index is 0.0177. The maximum Gasteiger partial charge on any atom is 0.354 e. The van der Waals surface area contributed by atoms with E-state index in [-0.39, 0.29) is 23.7 Å². The van der Waals surface area contributed by atoms with Crippen molar-refractivity contribution in [2.75, 3.05) is 10.5 Å². The molecule has 0 saturated carbocycles. The lowest BCUT2D eigenvalue weighted by Gasteiger charge is -2.07. The number of nitrogens with one attached hydrogen (secondary N) is 1. The van der Waals surface area contributed by atoms with Crippen molar-refractivity contribution in [3.05, 3.63) is 54.0 Å². The van der Waals surface area contributed by atoms with E-state index in [0.717, 1.165) is 0 Å². The second kappa shape index (κ2) is 6.31. The molecule has 0 spiro atoms. The van der Waals surface area contributed by atoms with Gasteiger partial charge in [-0.2, -0.15) is 0 Å². The predicted molar refractivity (Wildman–Crippen MR) is 76.5 cm³/mol. The Balaban J connectivity index is 2.04. The topological polar surface area (TPSA) is 109 Å². The van der Waals surface area contributed by atoms with Crippen LogP contribution in [-0.2, 0) is 16.4 Å². The number of carboxylic acid groups (broad SMARTS) is 1. The third kappa shape index (κ3) is 4.53. The largest absolute Gasteiger partial charge is 0.477 e. The van der Waals surface area contributed by atoms with Crippen molar-refractivity contribution in [1.82, 2.24) is 9.97 Å². The van der Waals surface area contributed by atoms with E-state index in [9.17, 15) is 13.2 Å². The lowest BCUT2D eigenvalue weighted by atomic mass is 10.3. The lowest BCUT2D eigenvalue weighted by molar-refractivity contribution is 0.0690. The third-order valence-corrected chi connectivity index (χ3v) is 3.84. The Morgan fingerprint density at radius 1 is 1.19 bits per heavy atom. The molecule has 7 nitrogen and oxygen atoms in total. The Hall–Kier alpha value is -2.48. The fourth-order valence-electron chi connectivity index (χ4n) is 1.61. The Labute approximate surface area is 121 Å². The minimum atomic E-state index is -3.62. The van der Waals surface area contributed by atoms with Crippen LogP contribution in [-0.4, -0.2) is 35.2 Å². The SMILES string of the molecule is O=C(O)c1cccc(NS(=O)(=O)CCc2ccccn2)n1. The van der Waals surface area contributed by atoms with Crippen LogP contribution in [0.2, 0.25) is 0 Å². The molecular weight excluding hydrogens is 294 g/mol. The first-order valence-electron chi connectivity index (χ1n) is 6.07. The predicted octanol–water partition coefficient (Wildman–Crippen LogP) is 1.16. The van der Waals surface area contributed by atoms with Crippen LogP contribution in [0.5, 0.6) is 0 Å². The van der Waals surface area contributed by atoms with Crippen LogP contribution in [0.3, 0.4) is 0 Å². The molecule has 0 aliphatic heterocycles. The molecule has 0 unspecified atom stereocenters. The fraction of sp³-hybridized carbons (Fsp3) is 0.154. The molecule has 8 heteroatoms. The molecule has 0 atom stereocenters. The van der Waals surface area contributed by atoms with Crippen molar-refractivity contribution >= 4 is 21.8 Å². The zero-order chi connectivity index (χ0) is 15.3. The molecule has 2 aromatic heterocycles. The fourth-order valence-corrected chi connectivity index (χ4v) is 2.62. The van der Waals surface area contributed by atoms with E-state index in [4.69, 9.17) is 5.11 Å². The highest BCUT2D eigenvalue weighted by molar-refractivity contribution is 7.92. The van der Waals surface area contributed by atoms with Gasteiger partial charge in [-0.15, -0.1) is 0 Å². The van der Waals surface area contributed by atoms with Crippen LogP contribution in [0.25, 0.3) is 0 Å². The highest BCUT2D eigenvalue weighted by atomic mass is 32.2. The van der Waals surface area contributed by atoms with E-state index in [2.05, 4.69) is 14.7 Å². The van der Waals surface area contributed by atoms with Crippen LogP contribution in [0, 0.1) is 0 Å². The van der Waals surface area contributed by atoms with Gasteiger partial charge >= 0.3 is 5.97 Å². The van der Waals surface area contributed by atoms with E-state index >= 15 is 0 Å². The second-order valence-corrected chi connectivity index (χ2v) is 6.05. The molecule has 0 aromatic carbocycles. The van der Waals surface area contributed by atoms with E-state index in [0.29, 0.717) is 5.69 Å². The molecule has 0 amide bonds. The van der Waals surface area contributed by atoms with Gasteiger partial charge in [0.2, 0.25) is 10.0 Å². The number of hydrogen-bond acceptors (Lipinski definition) is 5. The molecular formula is C13H13N3O4S. The van der Waals surface area contributed by atoms with Crippen molar-refractivity contribution in [3.8, 4) is 0 Å². The third-order valence-electron chi connectivity index (χ3n) is 2.58.